The van der Waals surface area contributed by atoms with Crippen molar-refractivity contribution in [3.63, 3.8) is 0 Å². The van der Waals surface area contributed by atoms with E-state index in [1.54, 1.807) is 0 Å². The summed E-state index contributed by atoms with van der Waals surface area (Å²) in [6.07, 6.45) is 2.32. The molecule has 3 rings (SSSR count). The molecule has 0 unspecified atom stereocenters. The average molecular weight is 393 g/mol. The molecule has 1 aliphatic carbocycles. The van der Waals surface area contributed by atoms with E-state index in [0.29, 0.717) is 18.8 Å². The minimum Gasteiger partial charge on any atom is -0.480 e. The van der Waals surface area contributed by atoms with Crippen molar-refractivity contribution < 1.29 is 29.3 Å². The Bertz CT molecular complexity index is 815. The molecule has 1 spiro atoms. The third-order valence-corrected chi connectivity index (χ3v) is 5.39. The van der Waals surface area contributed by atoms with Gasteiger partial charge in [0.25, 0.3) is 17.3 Å². The summed E-state index contributed by atoms with van der Waals surface area (Å²) in [6, 6.07) is 1.33. The number of hydrogen-bond acceptors (Lipinski definition) is 7. The number of non-ortho nitro benzene ring substituents is 2. The topological polar surface area (TPSA) is 153 Å². The first-order valence-electron chi connectivity index (χ1n) is 8.79. The van der Waals surface area contributed by atoms with Crippen LogP contribution in [0, 0.1) is 26.1 Å². The number of nitro benzene ring substituents is 2. The van der Waals surface area contributed by atoms with Crippen LogP contribution >= 0.6 is 0 Å². The largest absolute Gasteiger partial charge is 0.480 e. The molecule has 11 heteroatoms. The molecule has 11 nitrogen and oxygen atoms in total. The van der Waals surface area contributed by atoms with Gasteiger partial charge in [-0.1, -0.05) is 6.92 Å². The van der Waals surface area contributed by atoms with Crippen molar-refractivity contribution >= 4 is 23.3 Å². The zero-order valence-electron chi connectivity index (χ0n) is 15.1. The van der Waals surface area contributed by atoms with E-state index in [1.807, 2.05) is 6.92 Å². The summed E-state index contributed by atoms with van der Waals surface area (Å²) in [6.45, 7) is 1.85. The van der Waals surface area contributed by atoms with Crippen LogP contribution in [0.2, 0.25) is 0 Å². The second kappa shape index (κ2) is 7.15. The van der Waals surface area contributed by atoms with Crippen LogP contribution in [0.5, 0.6) is 0 Å². The van der Waals surface area contributed by atoms with Gasteiger partial charge in [-0.25, -0.2) is 4.79 Å². The maximum absolute atomic E-state index is 13.2. The summed E-state index contributed by atoms with van der Waals surface area (Å²) < 4.78 is 5.77. The van der Waals surface area contributed by atoms with Crippen LogP contribution in [0.3, 0.4) is 0 Å². The van der Waals surface area contributed by atoms with Crippen molar-refractivity contribution in [2.24, 2.45) is 5.92 Å². The molecule has 2 fully saturated rings. The van der Waals surface area contributed by atoms with E-state index in [9.17, 15) is 34.9 Å². The number of hydrogen-bond donors (Lipinski definition) is 1. The molecule has 0 bridgehead atoms. The summed E-state index contributed by atoms with van der Waals surface area (Å²) in [7, 11) is 0. The van der Waals surface area contributed by atoms with Crippen LogP contribution in [0.1, 0.15) is 43.0 Å². The quantitative estimate of drug-likeness (QED) is 0.604. The number of ether oxygens (including phenoxy) is 1. The van der Waals surface area contributed by atoms with Crippen LogP contribution in [0.4, 0.5) is 11.4 Å². The standard InChI is InChI=1S/C17H19N3O8/c1-10-2-4-17(5-3-10)18(14(9-28-17)16(22)23)15(21)11-6-12(19(24)25)8-13(7-11)20(26)27/h6-8,10,14H,2-5,9H2,1H3,(H,22,23)/t10?,14-,17?/m0/s1. The lowest BCUT2D eigenvalue weighted by molar-refractivity contribution is -0.394. The average Bonchev–Trinajstić information content (AvgIpc) is 3.02. The molecule has 2 aliphatic rings. The fourth-order valence-electron chi connectivity index (χ4n) is 3.84. The Morgan fingerprint density at radius 3 is 2.14 bits per heavy atom. The van der Waals surface area contributed by atoms with E-state index >= 15 is 0 Å². The number of carbonyl (C=O) groups is 2. The first kappa shape index (κ1) is 19.7. The highest BCUT2D eigenvalue weighted by Gasteiger charge is 2.54. The van der Waals surface area contributed by atoms with Crippen molar-refractivity contribution in [1.29, 1.82) is 0 Å². The lowest BCUT2D eigenvalue weighted by atomic mass is 9.83. The number of carboxylic acid groups (broad SMARTS) is 1. The van der Waals surface area contributed by atoms with E-state index in [1.165, 1.54) is 0 Å². The molecule has 1 N–H and O–H groups in total. The summed E-state index contributed by atoms with van der Waals surface area (Å²) in [5.74, 6) is -1.69. The summed E-state index contributed by atoms with van der Waals surface area (Å²) in [5, 5.41) is 31.8. The van der Waals surface area contributed by atoms with Gasteiger partial charge in [-0.05, 0) is 31.6 Å². The van der Waals surface area contributed by atoms with Crippen molar-refractivity contribution in [3.05, 3.63) is 44.0 Å². The Kier molecular flexibility index (Phi) is 5.02. The molecular formula is C17H19N3O8. The zero-order chi connectivity index (χ0) is 20.6. The molecule has 1 aromatic carbocycles. The number of nitro groups is 2. The van der Waals surface area contributed by atoms with Crippen molar-refractivity contribution in [3.8, 4) is 0 Å². The van der Waals surface area contributed by atoms with Crippen molar-refractivity contribution in [2.75, 3.05) is 6.61 Å². The number of rotatable bonds is 4. The fraction of sp³-hybridized carbons (Fsp3) is 0.529. The molecule has 1 heterocycles. The third kappa shape index (κ3) is 3.40. The van der Waals surface area contributed by atoms with E-state index in [-0.39, 0.29) is 12.2 Å². The molecule has 1 aliphatic heterocycles. The monoisotopic (exact) mass is 393 g/mol. The minimum atomic E-state index is -1.26. The Labute approximate surface area is 159 Å². The van der Waals surface area contributed by atoms with E-state index in [2.05, 4.69) is 0 Å². The lowest BCUT2D eigenvalue weighted by Gasteiger charge is -2.42. The molecule has 1 amide bonds. The summed E-state index contributed by atoms with van der Waals surface area (Å²) in [4.78, 5) is 46.6. The van der Waals surface area contributed by atoms with Crippen molar-refractivity contribution in [2.45, 2.75) is 44.4 Å². The Morgan fingerprint density at radius 2 is 1.68 bits per heavy atom. The molecule has 150 valence electrons. The zero-order valence-corrected chi connectivity index (χ0v) is 15.1. The minimum absolute atomic E-state index is 0.202. The molecule has 0 aromatic heterocycles. The van der Waals surface area contributed by atoms with Gasteiger partial charge in [0.2, 0.25) is 0 Å². The second-order valence-corrected chi connectivity index (χ2v) is 7.22. The van der Waals surface area contributed by atoms with Gasteiger partial charge in [-0.3, -0.25) is 29.9 Å². The first-order chi connectivity index (χ1) is 13.1. The third-order valence-electron chi connectivity index (χ3n) is 5.39. The molecule has 1 saturated heterocycles. The number of amides is 1. The van der Waals surface area contributed by atoms with Crippen LogP contribution < -0.4 is 0 Å². The van der Waals surface area contributed by atoms with Crippen LogP contribution in [-0.4, -0.2) is 50.1 Å². The van der Waals surface area contributed by atoms with E-state index < -0.39 is 44.9 Å². The van der Waals surface area contributed by atoms with Gasteiger partial charge < -0.3 is 9.84 Å². The number of aliphatic carboxylic acids is 1. The van der Waals surface area contributed by atoms with E-state index in [4.69, 9.17) is 4.74 Å². The van der Waals surface area contributed by atoms with Gasteiger partial charge in [-0.2, -0.15) is 0 Å². The number of benzene rings is 1. The summed E-state index contributed by atoms with van der Waals surface area (Å²) in [5.41, 5.74) is -2.66. The van der Waals surface area contributed by atoms with Gasteiger partial charge in [0, 0.05) is 12.1 Å². The van der Waals surface area contributed by atoms with Gasteiger partial charge >= 0.3 is 5.97 Å². The highest BCUT2D eigenvalue weighted by atomic mass is 16.6. The van der Waals surface area contributed by atoms with Gasteiger partial charge in [0.1, 0.15) is 5.72 Å². The highest BCUT2D eigenvalue weighted by Crippen LogP contribution is 2.43. The number of carbonyl (C=O) groups excluding carboxylic acids is 1. The van der Waals surface area contributed by atoms with Gasteiger partial charge in [0.15, 0.2) is 6.04 Å². The first-order valence-corrected chi connectivity index (χ1v) is 8.79. The van der Waals surface area contributed by atoms with Gasteiger partial charge in [0.05, 0.1) is 28.1 Å². The normalized spacial score (nSPS) is 27.0. The maximum Gasteiger partial charge on any atom is 0.328 e. The molecule has 1 saturated carbocycles. The summed E-state index contributed by atoms with van der Waals surface area (Å²) >= 11 is 0. The van der Waals surface area contributed by atoms with Gasteiger partial charge in [-0.15, -0.1) is 0 Å². The van der Waals surface area contributed by atoms with Crippen molar-refractivity contribution in [1.82, 2.24) is 4.90 Å². The Hall–Kier alpha value is -3.08. The number of nitrogens with zero attached hydrogens (tertiary/aromatic N) is 3. The predicted octanol–water partition coefficient (Wildman–Crippen LogP) is 2.33. The molecular weight excluding hydrogens is 374 g/mol. The molecule has 28 heavy (non-hydrogen) atoms. The highest BCUT2D eigenvalue weighted by molar-refractivity contribution is 5.98. The van der Waals surface area contributed by atoms with E-state index in [0.717, 1.165) is 35.9 Å². The SMILES string of the molecule is CC1CCC2(CC1)OC[C@@H](C(=O)O)N2C(=O)c1cc([N+](=O)[O-])cc([N+](=O)[O-])c1. The molecule has 1 atom stereocenters. The lowest BCUT2D eigenvalue weighted by Crippen LogP contribution is -2.55. The van der Waals surface area contributed by atoms with Crippen LogP contribution in [0.15, 0.2) is 18.2 Å². The fourth-order valence-corrected chi connectivity index (χ4v) is 3.84. The Morgan fingerprint density at radius 1 is 1.14 bits per heavy atom. The maximum atomic E-state index is 13.2. The number of carboxylic acids is 1. The molecule has 1 aromatic rings. The second-order valence-electron chi connectivity index (χ2n) is 7.22. The van der Waals surface area contributed by atoms with Crippen LogP contribution in [0.25, 0.3) is 0 Å². The molecule has 0 radical (unpaired) electrons. The smallest absolute Gasteiger partial charge is 0.328 e. The Balaban J connectivity index is 2.05. The predicted molar refractivity (Wildman–Crippen MR) is 93.7 cm³/mol. The van der Waals surface area contributed by atoms with Crippen LogP contribution in [-0.2, 0) is 9.53 Å².